The van der Waals surface area contributed by atoms with Gasteiger partial charge in [0.25, 0.3) is 0 Å². The summed E-state index contributed by atoms with van der Waals surface area (Å²) in [6.07, 6.45) is 3.59. The molecule has 1 atom stereocenters. The smallest absolute Gasteiger partial charge is 0.158 e. The molecule has 0 radical (unpaired) electrons. The van der Waals surface area contributed by atoms with Crippen molar-refractivity contribution in [2.24, 2.45) is 5.92 Å². The fourth-order valence-electron chi connectivity index (χ4n) is 1.82. The molecule has 1 aliphatic carbocycles. The fourth-order valence-corrected chi connectivity index (χ4v) is 1.82. The summed E-state index contributed by atoms with van der Waals surface area (Å²) in [5.41, 5.74) is 0.899. The van der Waals surface area contributed by atoms with Crippen LogP contribution in [0.5, 0.6) is 5.75 Å². The number of hydrogen-bond acceptors (Lipinski definition) is 2. The van der Waals surface area contributed by atoms with E-state index < -0.39 is 0 Å². The van der Waals surface area contributed by atoms with Gasteiger partial charge in [-0.05, 0) is 31.1 Å². The number of allylic oxidation sites excluding steroid dienone is 2. The molecule has 84 valence electrons. The zero-order chi connectivity index (χ0) is 11.4. The lowest BCUT2D eigenvalue weighted by Gasteiger charge is -2.19. The summed E-state index contributed by atoms with van der Waals surface area (Å²) in [6.45, 7) is 2.51. The molecule has 0 saturated carbocycles. The minimum absolute atomic E-state index is 0.257. The predicted molar refractivity (Wildman–Crippen MR) is 63.4 cm³/mol. The maximum absolute atomic E-state index is 11.5. The number of Topliss-reactive ketones (excluding diaryl/α,β-unsaturated/α-hetero) is 1. The highest BCUT2D eigenvalue weighted by molar-refractivity contribution is 5.95. The number of benzene rings is 1. The van der Waals surface area contributed by atoms with E-state index in [-0.39, 0.29) is 5.78 Å². The van der Waals surface area contributed by atoms with Gasteiger partial charge in [-0.25, -0.2) is 0 Å². The van der Waals surface area contributed by atoms with Gasteiger partial charge in [-0.2, -0.15) is 0 Å². The lowest BCUT2D eigenvalue weighted by atomic mass is 9.90. The Morgan fingerprint density at radius 1 is 1.31 bits per heavy atom. The normalized spacial score (nSPS) is 20.4. The fraction of sp³-hybridized carbons (Fsp3) is 0.357. The number of hydrogen-bond donors (Lipinski definition) is 0. The molecule has 1 unspecified atom stereocenters. The highest BCUT2D eigenvalue weighted by Gasteiger charge is 2.19. The van der Waals surface area contributed by atoms with E-state index in [1.165, 1.54) is 0 Å². The van der Waals surface area contributed by atoms with Crippen molar-refractivity contribution in [3.05, 3.63) is 42.0 Å². The van der Waals surface area contributed by atoms with Gasteiger partial charge >= 0.3 is 0 Å². The van der Waals surface area contributed by atoms with Gasteiger partial charge in [0.2, 0.25) is 0 Å². The molecule has 16 heavy (non-hydrogen) atoms. The van der Waals surface area contributed by atoms with Crippen LogP contribution in [0.15, 0.2) is 42.0 Å². The average Bonchev–Trinajstić information content (AvgIpc) is 2.32. The third-order valence-corrected chi connectivity index (χ3v) is 2.90. The van der Waals surface area contributed by atoms with E-state index in [1.54, 1.807) is 0 Å². The van der Waals surface area contributed by atoms with E-state index in [0.717, 1.165) is 17.7 Å². The molecule has 1 aromatic carbocycles. The molecule has 0 amide bonds. The topological polar surface area (TPSA) is 26.3 Å². The Morgan fingerprint density at radius 2 is 2.06 bits per heavy atom. The second-order valence-electron chi connectivity index (χ2n) is 4.24. The molecule has 0 aromatic heterocycles. The van der Waals surface area contributed by atoms with Gasteiger partial charge in [-0.1, -0.05) is 24.3 Å². The van der Waals surface area contributed by atoms with Crippen LogP contribution in [0.25, 0.3) is 0 Å². The van der Waals surface area contributed by atoms with Crippen LogP contribution in [-0.2, 0) is 4.79 Å². The van der Waals surface area contributed by atoms with Gasteiger partial charge in [0.1, 0.15) is 5.75 Å². The minimum atomic E-state index is 0.257. The monoisotopic (exact) mass is 216 g/mol. The Morgan fingerprint density at radius 3 is 2.75 bits per heavy atom. The first kappa shape index (κ1) is 10.9. The molecule has 0 spiro atoms. The Kier molecular flexibility index (Phi) is 3.40. The first-order valence-electron chi connectivity index (χ1n) is 5.63. The molecule has 1 aliphatic rings. The number of carbonyl (C=O) groups excluding carboxylic acids is 1. The standard InChI is InChI=1S/C14H16O2/c1-11-7-8-12(9-14(11)15)10-16-13-5-3-2-4-6-13/h2-7,12H,8-10H2,1H3. The van der Waals surface area contributed by atoms with Crippen molar-refractivity contribution >= 4 is 5.78 Å². The van der Waals surface area contributed by atoms with Crippen molar-refractivity contribution < 1.29 is 9.53 Å². The second-order valence-corrected chi connectivity index (χ2v) is 4.24. The van der Waals surface area contributed by atoms with E-state index >= 15 is 0 Å². The maximum atomic E-state index is 11.5. The SMILES string of the molecule is CC1=CCC(COc2ccccc2)CC1=O. The van der Waals surface area contributed by atoms with Gasteiger partial charge in [-0.15, -0.1) is 0 Å². The molecule has 2 rings (SSSR count). The van der Waals surface area contributed by atoms with Crippen molar-refractivity contribution in [2.75, 3.05) is 6.61 Å². The predicted octanol–water partition coefficient (Wildman–Crippen LogP) is 2.99. The quantitative estimate of drug-likeness (QED) is 0.776. The summed E-state index contributed by atoms with van der Waals surface area (Å²) < 4.78 is 5.65. The van der Waals surface area contributed by atoms with E-state index in [2.05, 4.69) is 0 Å². The first-order chi connectivity index (χ1) is 7.75. The molecule has 2 heteroatoms. The van der Waals surface area contributed by atoms with Crippen LogP contribution in [0, 0.1) is 5.92 Å². The van der Waals surface area contributed by atoms with E-state index in [0.29, 0.717) is 18.9 Å². The number of rotatable bonds is 3. The second kappa shape index (κ2) is 4.97. The zero-order valence-corrected chi connectivity index (χ0v) is 9.48. The molecule has 1 aromatic rings. The van der Waals surface area contributed by atoms with Crippen LogP contribution in [-0.4, -0.2) is 12.4 Å². The summed E-state index contributed by atoms with van der Waals surface area (Å²) in [7, 11) is 0. The van der Waals surface area contributed by atoms with Crippen LogP contribution in [0.4, 0.5) is 0 Å². The largest absolute Gasteiger partial charge is 0.493 e. The molecule has 0 saturated heterocycles. The molecule has 0 heterocycles. The third-order valence-electron chi connectivity index (χ3n) is 2.90. The summed E-state index contributed by atoms with van der Waals surface area (Å²) in [5, 5.41) is 0. The minimum Gasteiger partial charge on any atom is -0.493 e. The Hall–Kier alpha value is -1.57. The summed E-state index contributed by atoms with van der Waals surface area (Å²) in [6, 6.07) is 9.73. The summed E-state index contributed by atoms with van der Waals surface area (Å²) in [5.74, 6) is 1.46. The van der Waals surface area contributed by atoms with Crippen molar-refractivity contribution in [1.29, 1.82) is 0 Å². The van der Waals surface area contributed by atoms with Crippen molar-refractivity contribution in [3.63, 3.8) is 0 Å². The highest BCUT2D eigenvalue weighted by atomic mass is 16.5. The molecule has 2 nitrogen and oxygen atoms in total. The lowest BCUT2D eigenvalue weighted by molar-refractivity contribution is -0.117. The summed E-state index contributed by atoms with van der Waals surface area (Å²) in [4.78, 5) is 11.5. The Balaban J connectivity index is 1.86. The molecular weight excluding hydrogens is 200 g/mol. The van der Waals surface area contributed by atoms with Crippen LogP contribution in [0.3, 0.4) is 0 Å². The molecular formula is C14H16O2. The number of ketones is 1. The van der Waals surface area contributed by atoms with E-state index in [9.17, 15) is 4.79 Å². The van der Waals surface area contributed by atoms with Crippen molar-refractivity contribution in [1.82, 2.24) is 0 Å². The Bertz CT molecular complexity index is 392. The van der Waals surface area contributed by atoms with Gasteiger partial charge < -0.3 is 4.74 Å². The number of ether oxygens (including phenoxy) is 1. The summed E-state index contributed by atoms with van der Waals surface area (Å²) >= 11 is 0. The zero-order valence-electron chi connectivity index (χ0n) is 9.48. The highest BCUT2D eigenvalue weighted by Crippen LogP contribution is 2.21. The van der Waals surface area contributed by atoms with Gasteiger partial charge in [0.05, 0.1) is 6.61 Å². The van der Waals surface area contributed by atoms with Crippen LogP contribution >= 0.6 is 0 Å². The van der Waals surface area contributed by atoms with Crippen LogP contribution < -0.4 is 4.74 Å². The first-order valence-corrected chi connectivity index (χ1v) is 5.63. The van der Waals surface area contributed by atoms with E-state index in [4.69, 9.17) is 4.74 Å². The maximum Gasteiger partial charge on any atom is 0.158 e. The van der Waals surface area contributed by atoms with Gasteiger partial charge in [0.15, 0.2) is 5.78 Å². The number of para-hydroxylation sites is 1. The molecule has 0 bridgehead atoms. The van der Waals surface area contributed by atoms with Crippen molar-refractivity contribution in [2.45, 2.75) is 19.8 Å². The lowest BCUT2D eigenvalue weighted by Crippen LogP contribution is -2.20. The average molecular weight is 216 g/mol. The van der Waals surface area contributed by atoms with Gasteiger partial charge in [-0.3, -0.25) is 4.79 Å². The molecule has 0 aliphatic heterocycles. The Labute approximate surface area is 95.9 Å². The molecule has 0 N–H and O–H groups in total. The van der Waals surface area contributed by atoms with Crippen LogP contribution in [0.2, 0.25) is 0 Å². The molecule has 0 fully saturated rings. The third kappa shape index (κ3) is 2.72. The number of carbonyl (C=O) groups is 1. The van der Waals surface area contributed by atoms with Crippen LogP contribution in [0.1, 0.15) is 19.8 Å². The van der Waals surface area contributed by atoms with Crippen molar-refractivity contribution in [3.8, 4) is 5.75 Å². The van der Waals surface area contributed by atoms with E-state index in [1.807, 2.05) is 43.3 Å². The van der Waals surface area contributed by atoms with Gasteiger partial charge in [0, 0.05) is 12.3 Å².